The minimum Gasteiger partial charge on any atom is -0.497 e. The fraction of sp³-hybridized carbons (Fsp3) is 0.227. The van der Waals surface area contributed by atoms with Crippen molar-refractivity contribution in [2.75, 3.05) is 13.7 Å². The van der Waals surface area contributed by atoms with Crippen LogP contribution in [-0.2, 0) is 19.5 Å². The van der Waals surface area contributed by atoms with Gasteiger partial charge in [0, 0.05) is 42.2 Å². The molecule has 3 aromatic heterocycles. The molecule has 1 aliphatic rings. The van der Waals surface area contributed by atoms with E-state index in [1.165, 1.54) is 5.56 Å². The minimum absolute atomic E-state index is 0.659. The lowest BCUT2D eigenvalue weighted by Gasteiger charge is -2.27. The molecule has 0 unspecified atom stereocenters. The molecule has 29 heavy (non-hydrogen) atoms. The number of rotatable bonds is 5. The number of hydrogen-bond acceptors (Lipinski definition) is 7. The van der Waals surface area contributed by atoms with Gasteiger partial charge in [-0.1, -0.05) is 0 Å². The molecule has 146 valence electrons. The van der Waals surface area contributed by atoms with Crippen LogP contribution in [0.15, 0.2) is 58.7 Å². The van der Waals surface area contributed by atoms with Gasteiger partial charge in [-0.25, -0.2) is 15.0 Å². The van der Waals surface area contributed by atoms with Gasteiger partial charge in [0.05, 0.1) is 31.3 Å². The van der Waals surface area contributed by atoms with Gasteiger partial charge in [0.2, 0.25) is 0 Å². The van der Waals surface area contributed by atoms with Crippen LogP contribution in [0.5, 0.6) is 5.75 Å². The van der Waals surface area contributed by atoms with Crippen LogP contribution in [-0.4, -0.2) is 33.5 Å². The van der Waals surface area contributed by atoms with E-state index in [-0.39, 0.29) is 0 Å². The van der Waals surface area contributed by atoms with Gasteiger partial charge in [0.15, 0.2) is 11.6 Å². The maximum absolute atomic E-state index is 5.41. The highest BCUT2D eigenvalue weighted by atomic mass is 32.1. The standard InChI is InChI=1S/C22H20N4O2S/c1-27-17-6-4-15(5-7-17)19-14-29-21(24-19)13-26-9-8-18-16(12-26)11-23-22(25-18)20-3-2-10-28-20/h2-7,10-11,14H,8-9,12-13H2,1H3. The van der Waals surface area contributed by atoms with Gasteiger partial charge < -0.3 is 9.15 Å². The van der Waals surface area contributed by atoms with Crippen molar-refractivity contribution in [2.24, 2.45) is 0 Å². The van der Waals surface area contributed by atoms with E-state index in [1.54, 1.807) is 24.7 Å². The molecule has 0 atom stereocenters. The van der Waals surface area contributed by atoms with Gasteiger partial charge >= 0.3 is 0 Å². The van der Waals surface area contributed by atoms with E-state index in [2.05, 4.69) is 15.3 Å². The second-order valence-electron chi connectivity index (χ2n) is 6.96. The Balaban J connectivity index is 1.27. The van der Waals surface area contributed by atoms with Crippen molar-refractivity contribution in [1.82, 2.24) is 19.9 Å². The number of furan rings is 1. The number of ether oxygens (including phenoxy) is 1. The number of fused-ring (bicyclic) bond motifs is 1. The molecule has 0 fully saturated rings. The summed E-state index contributed by atoms with van der Waals surface area (Å²) in [6.07, 6.45) is 4.48. The first-order chi connectivity index (χ1) is 14.3. The highest BCUT2D eigenvalue weighted by Gasteiger charge is 2.20. The molecule has 0 saturated heterocycles. The van der Waals surface area contributed by atoms with Gasteiger partial charge in [0.25, 0.3) is 0 Å². The Hall–Kier alpha value is -3.03. The predicted molar refractivity (Wildman–Crippen MR) is 112 cm³/mol. The van der Waals surface area contributed by atoms with Crippen molar-refractivity contribution in [2.45, 2.75) is 19.5 Å². The lowest BCUT2D eigenvalue weighted by Crippen LogP contribution is -2.30. The summed E-state index contributed by atoms with van der Waals surface area (Å²) in [7, 11) is 1.68. The first-order valence-electron chi connectivity index (χ1n) is 9.48. The Labute approximate surface area is 172 Å². The summed E-state index contributed by atoms with van der Waals surface area (Å²) in [6, 6.07) is 11.8. The molecule has 0 amide bonds. The van der Waals surface area contributed by atoms with Gasteiger partial charge in [-0.05, 0) is 36.4 Å². The Morgan fingerprint density at radius 3 is 2.86 bits per heavy atom. The van der Waals surface area contributed by atoms with Crippen LogP contribution in [0, 0.1) is 0 Å². The molecule has 0 radical (unpaired) electrons. The van der Waals surface area contributed by atoms with Crippen molar-refractivity contribution in [3.63, 3.8) is 0 Å². The van der Waals surface area contributed by atoms with Crippen molar-refractivity contribution in [1.29, 1.82) is 0 Å². The van der Waals surface area contributed by atoms with Crippen molar-refractivity contribution in [3.05, 3.63) is 70.5 Å². The van der Waals surface area contributed by atoms with Crippen LogP contribution in [0.25, 0.3) is 22.8 Å². The number of aromatic nitrogens is 3. The Morgan fingerprint density at radius 2 is 2.07 bits per heavy atom. The smallest absolute Gasteiger partial charge is 0.195 e. The summed E-state index contributed by atoms with van der Waals surface area (Å²) in [6.45, 7) is 2.63. The number of methoxy groups -OCH3 is 1. The molecule has 0 saturated carbocycles. The Kier molecular flexibility index (Phi) is 4.83. The molecule has 0 N–H and O–H groups in total. The molecule has 5 rings (SSSR count). The molecular formula is C22H20N4O2S. The maximum Gasteiger partial charge on any atom is 0.195 e. The van der Waals surface area contributed by atoms with E-state index in [0.29, 0.717) is 11.6 Å². The molecule has 1 aliphatic heterocycles. The number of nitrogens with zero attached hydrogens (tertiary/aromatic N) is 4. The monoisotopic (exact) mass is 404 g/mol. The van der Waals surface area contributed by atoms with E-state index in [4.69, 9.17) is 19.1 Å². The third-order valence-electron chi connectivity index (χ3n) is 5.05. The zero-order chi connectivity index (χ0) is 19.6. The summed E-state index contributed by atoms with van der Waals surface area (Å²) < 4.78 is 10.6. The first-order valence-corrected chi connectivity index (χ1v) is 10.4. The molecule has 1 aromatic carbocycles. The quantitative estimate of drug-likeness (QED) is 0.490. The lowest BCUT2D eigenvalue weighted by molar-refractivity contribution is 0.242. The van der Waals surface area contributed by atoms with Crippen molar-refractivity contribution < 1.29 is 9.15 Å². The SMILES string of the molecule is COc1ccc(-c2csc(CN3CCc4nc(-c5ccco5)ncc4C3)n2)cc1. The molecule has 4 heterocycles. The second kappa shape index (κ2) is 7.77. The number of thiazole rings is 1. The van der Waals surface area contributed by atoms with Crippen LogP contribution in [0.3, 0.4) is 0 Å². The largest absolute Gasteiger partial charge is 0.497 e. The third kappa shape index (κ3) is 3.79. The summed E-state index contributed by atoms with van der Waals surface area (Å²) in [5, 5.41) is 3.24. The van der Waals surface area contributed by atoms with E-state index in [1.807, 2.05) is 42.6 Å². The second-order valence-corrected chi connectivity index (χ2v) is 7.90. The fourth-order valence-corrected chi connectivity index (χ4v) is 4.35. The van der Waals surface area contributed by atoms with Crippen LogP contribution < -0.4 is 4.74 Å². The normalized spacial score (nSPS) is 14.0. The highest BCUT2D eigenvalue weighted by Crippen LogP contribution is 2.26. The van der Waals surface area contributed by atoms with Crippen LogP contribution >= 0.6 is 11.3 Å². The summed E-state index contributed by atoms with van der Waals surface area (Å²) in [5.74, 6) is 2.23. The molecular weight excluding hydrogens is 384 g/mol. The first kappa shape index (κ1) is 18.0. The average molecular weight is 404 g/mol. The Morgan fingerprint density at radius 1 is 1.17 bits per heavy atom. The van der Waals surface area contributed by atoms with Crippen LogP contribution in [0.4, 0.5) is 0 Å². The van der Waals surface area contributed by atoms with Gasteiger partial charge in [0.1, 0.15) is 10.8 Å². The van der Waals surface area contributed by atoms with Crippen molar-refractivity contribution in [3.8, 4) is 28.6 Å². The van der Waals surface area contributed by atoms with E-state index in [0.717, 1.165) is 53.8 Å². The van der Waals surface area contributed by atoms with Crippen molar-refractivity contribution >= 4 is 11.3 Å². The van der Waals surface area contributed by atoms with E-state index in [9.17, 15) is 0 Å². The van der Waals surface area contributed by atoms with E-state index >= 15 is 0 Å². The summed E-state index contributed by atoms with van der Waals surface area (Å²) >= 11 is 1.70. The summed E-state index contributed by atoms with van der Waals surface area (Å²) in [4.78, 5) is 16.4. The third-order valence-corrected chi connectivity index (χ3v) is 5.88. The number of benzene rings is 1. The fourth-order valence-electron chi connectivity index (χ4n) is 3.50. The van der Waals surface area contributed by atoms with E-state index < -0.39 is 0 Å². The van der Waals surface area contributed by atoms with Gasteiger partial charge in [-0.15, -0.1) is 11.3 Å². The molecule has 0 spiro atoms. The predicted octanol–water partition coefficient (Wildman–Crippen LogP) is 4.43. The molecule has 0 aliphatic carbocycles. The molecule has 0 bridgehead atoms. The minimum atomic E-state index is 0.659. The summed E-state index contributed by atoms with van der Waals surface area (Å²) in [5.41, 5.74) is 4.41. The lowest BCUT2D eigenvalue weighted by atomic mass is 10.1. The topological polar surface area (TPSA) is 64.3 Å². The average Bonchev–Trinajstić information content (AvgIpc) is 3.46. The molecule has 7 heteroatoms. The van der Waals surface area contributed by atoms with Gasteiger partial charge in [-0.2, -0.15) is 0 Å². The zero-order valence-electron chi connectivity index (χ0n) is 16.0. The highest BCUT2D eigenvalue weighted by molar-refractivity contribution is 7.09. The number of hydrogen-bond donors (Lipinski definition) is 0. The zero-order valence-corrected chi connectivity index (χ0v) is 16.9. The van der Waals surface area contributed by atoms with Crippen LogP contribution in [0.2, 0.25) is 0 Å². The Bertz CT molecular complexity index is 1110. The molecule has 4 aromatic rings. The maximum atomic E-state index is 5.41. The molecule has 6 nitrogen and oxygen atoms in total. The van der Waals surface area contributed by atoms with Gasteiger partial charge in [-0.3, -0.25) is 4.90 Å². The van der Waals surface area contributed by atoms with Crippen LogP contribution in [0.1, 0.15) is 16.3 Å².